The second-order valence-electron chi connectivity index (χ2n) is 7.01. The first-order valence-electron chi connectivity index (χ1n) is 8.88. The maximum absolute atomic E-state index is 13.3. The van der Waals surface area contributed by atoms with Crippen LogP contribution in [0.2, 0.25) is 0 Å². The normalized spacial score (nSPS) is 16.4. The van der Waals surface area contributed by atoms with Gasteiger partial charge in [-0.05, 0) is 56.5 Å². The first-order chi connectivity index (χ1) is 12.4. The van der Waals surface area contributed by atoms with Gasteiger partial charge in [0.1, 0.15) is 5.58 Å². The molecule has 1 aliphatic heterocycles. The van der Waals surface area contributed by atoms with Crippen molar-refractivity contribution in [3.8, 4) is 0 Å². The lowest BCUT2D eigenvalue weighted by atomic mass is 9.97. The Labute approximate surface area is 152 Å². The van der Waals surface area contributed by atoms with Gasteiger partial charge in [0, 0.05) is 6.54 Å². The molecule has 4 nitrogen and oxygen atoms in total. The number of hydrogen-bond donors (Lipinski definition) is 0. The lowest BCUT2D eigenvalue weighted by Crippen LogP contribution is -2.29. The minimum Gasteiger partial charge on any atom is -0.450 e. The third-order valence-corrected chi connectivity index (χ3v) is 5.32. The van der Waals surface area contributed by atoms with Gasteiger partial charge in [-0.1, -0.05) is 29.8 Å². The smallest absolute Gasteiger partial charge is 0.290 e. The summed E-state index contributed by atoms with van der Waals surface area (Å²) < 4.78 is 5.95. The fourth-order valence-electron chi connectivity index (χ4n) is 3.70. The highest BCUT2D eigenvalue weighted by Gasteiger charge is 2.41. The fourth-order valence-corrected chi connectivity index (χ4v) is 3.70. The van der Waals surface area contributed by atoms with Gasteiger partial charge in [0.25, 0.3) is 5.91 Å². The monoisotopic (exact) mass is 347 g/mol. The molecule has 0 fully saturated rings. The van der Waals surface area contributed by atoms with E-state index in [4.69, 9.17) is 4.42 Å². The average molecular weight is 347 g/mol. The highest BCUT2D eigenvalue weighted by atomic mass is 16.3. The van der Waals surface area contributed by atoms with Crippen molar-refractivity contribution < 1.29 is 9.21 Å². The molecule has 1 amide bonds. The van der Waals surface area contributed by atoms with E-state index in [1.165, 1.54) is 0 Å². The topological polar surface area (TPSA) is 50.5 Å². The van der Waals surface area contributed by atoms with Crippen LogP contribution < -0.4 is 5.43 Å². The van der Waals surface area contributed by atoms with E-state index in [1.54, 1.807) is 4.90 Å². The van der Waals surface area contributed by atoms with Crippen molar-refractivity contribution in [2.24, 2.45) is 0 Å². The van der Waals surface area contributed by atoms with Gasteiger partial charge < -0.3 is 9.32 Å². The predicted molar refractivity (Wildman–Crippen MR) is 102 cm³/mol. The van der Waals surface area contributed by atoms with E-state index in [1.807, 2.05) is 64.1 Å². The number of carbonyl (C=O) groups is 1. The van der Waals surface area contributed by atoms with Gasteiger partial charge in [-0.3, -0.25) is 9.59 Å². The predicted octanol–water partition coefficient (Wildman–Crippen LogP) is 4.28. The number of hydrogen-bond acceptors (Lipinski definition) is 3. The quantitative estimate of drug-likeness (QED) is 0.695. The van der Waals surface area contributed by atoms with E-state index in [0.29, 0.717) is 23.1 Å². The van der Waals surface area contributed by atoms with Crippen molar-refractivity contribution in [2.45, 2.75) is 33.7 Å². The van der Waals surface area contributed by atoms with Crippen LogP contribution >= 0.6 is 0 Å². The Kier molecular flexibility index (Phi) is 3.72. The maximum atomic E-state index is 13.3. The summed E-state index contributed by atoms with van der Waals surface area (Å²) in [5.74, 6) is -0.0384. The molecule has 1 aliphatic rings. The van der Waals surface area contributed by atoms with Crippen LogP contribution in [0, 0.1) is 20.8 Å². The third kappa shape index (κ3) is 2.29. The molecule has 0 N–H and O–H groups in total. The van der Waals surface area contributed by atoms with Crippen LogP contribution in [-0.4, -0.2) is 17.4 Å². The minimum absolute atomic E-state index is 0.112. The molecule has 132 valence electrons. The standard InChI is InChI=1S/C22H21NO3/c1-5-23-19(15-8-6-12(2)7-9-15)18-20(24)16-10-13(3)14(4)11-17(16)26-21(18)22(23)25/h6-11,19H,5H2,1-4H3. The summed E-state index contributed by atoms with van der Waals surface area (Å²) >= 11 is 0. The molecule has 0 radical (unpaired) electrons. The molecule has 2 heterocycles. The molecule has 3 aromatic rings. The van der Waals surface area contributed by atoms with Crippen LogP contribution in [0.25, 0.3) is 11.0 Å². The van der Waals surface area contributed by atoms with Gasteiger partial charge in [-0.2, -0.15) is 0 Å². The van der Waals surface area contributed by atoms with Crippen molar-refractivity contribution in [3.63, 3.8) is 0 Å². The van der Waals surface area contributed by atoms with Crippen molar-refractivity contribution in [3.05, 3.63) is 80.2 Å². The molecule has 1 unspecified atom stereocenters. The lowest BCUT2D eigenvalue weighted by Gasteiger charge is -2.23. The molecule has 0 saturated heterocycles. The summed E-state index contributed by atoms with van der Waals surface area (Å²) in [4.78, 5) is 27.9. The van der Waals surface area contributed by atoms with E-state index in [2.05, 4.69) is 0 Å². The minimum atomic E-state index is -0.398. The summed E-state index contributed by atoms with van der Waals surface area (Å²) in [5.41, 5.74) is 4.96. The van der Waals surface area contributed by atoms with Crippen molar-refractivity contribution in [1.82, 2.24) is 4.90 Å². The Hall–Kier alpha value is -2.88. The highest BCUT2D eigenvalue weighted by molar-refractivity contribution is 5.99. The van der Waals surface area contributed by atoms with E-state index >= 15 is 0 Å². The molecule has 0 spiro atoms. The Morgan fingerprint density at radius 3 is 2.31 bits per heavy atom. The van der Waals surface area contributed by atoms with Gasteiger partial charge in [0.2, 0.25) is 5.76 Å². The molecule has 4 rings (SSSR count). The Bertz CT molecular complexity index is 1090. The molecular formula is C22H21NO3. The molecule has 0 saturated carbocycles. The molecule has 1 aromatic heterocycles. The van der Waals surface area contributed by atoms with Crippen LogP contribution in [0.15, 0.2) is 45.6 Å². The van der Waals surface area contributed by atoms with Crippen LogP contribution in [0.5, 0.6) is 0 Å². The fraction of sp³-hybridized carbons (Fsp3) is 0.273. The Balaban J connectivity index is 2.04. The molecule has 0 aliphatic carbocycles. The van der Waals surface area contributed by atoms with E-state index in [-0.39, 0.29) is 17.1 Å². The molecule has 2 aromatic carbocycles. The van der Waals surface area contributed by atoms with Gasteiger partial charge in [-0.25, -0.2) is 0 Å². The summed E-state index contributed by atoms with van der Waals surface area (Å²) in [6.07, 6.45) is 0. The first-order valence-corrected chi connectivity index (χ1v) is 8.88. The lowest BCUT2D eigenvalue weighted by molar-refractivity contribution is 0.0738. The van der Waals surface area contributed by atoms with Crippen LogP contribution in [-0.2, 0) is 0 Å². The Morgan fingerprint density at radius 1 is 1.00 bits per heavy atom. The first kappa shape index (κ1) is 16.6. The Morgan fingerprint density at radius 2 is 1.65 bits per heavy atom. The SMILES string of the molecule is CCN1C(=O)c2oc3cc(C)c(C)cc3c(=O)c2C1c1ccc(C)cc1. The van der Waals surface area contributed by atoms with Gasteiger partial charge >= 0.3 is 0 Å². The van der Waals surface area contributed by atoms with Crippen molar-refractivity contribution in [1.29, 1.82) is 0 Å². The summed E-state index contributed by atoms with van der Waals surface area (Å²) in [7, 11) is 0. The van der Waals surface area contributed by atoms with Crippen LogP contribution in [0.4, 0.5) is 0 Å². The number of aryl methyl sites for hydroxylation is 3. The average Bonchev–Trinajstić information content (AvgIpc) is 2.90. The summed E-state index contributed by atoms with van der Waals surface area (Å²) in [5, 5.41) is 0.537. The number of fused-ring (bicyclic) bond motifs is 2. The number of nitrogens with zero attached hydrogens (tertiary/aromatic N) is 1. The second kappa shape index (κ2) is 5.84. The summed E-state index contributed by atoms with van der Waals surface area (Å²) in [6.45, 7) is 8.39. The zero-order valence-corrected chi connectivity index (χ0v) is 15.4. The number of benzene rings is 2. The third-order valence-electron chi connectivity index (χ3n) is 5.32. The summed E-state index contributed by atoms with van der Waals surface area (Å²) in [6, 6.07) is 11.3. The van der Waals surface area contributed by atoms with Gasteiger partial charge in [0.15, 0.2) is 5.43 Å². The van der Waals surface area contributed by atoms with E-state index < -0.39 is 6.04 Å². The van der Waals surface area contributed by atoms with E-state index in [0.717, 1.165) is 22.3 Å². The van der Waals surface area contributed by atoms with Crippen LogP contribution in [0.1, 0.15) is 51.3 Å². The van der Waals surface area contributed by atoms with E-state index in [9.17, 15) is 9.59 Å². The number of amides is 1. The zero-order chi connectivity index (χ0) is 18.6. The molecule has 1 atom stereocenters. The van der Waals surface area contributed by atoms with Gasteiger partial charge in [0.05, 0.1) is 17.0 Å². The maximum Gasteiger partial charge on any atom is 0.290 e. The zero-order valence-electron chi connectivity index (χ0n) is 15.4. The van der Waals surface area contributed by atoms with Gasteiger partial charge in [-0.15, -0.1) is 0 Å². The van der Waals surface area contributed by atoms with Crippen molar-refractivity contribution >= 4 is 16.9 Å². The number of rotatable bonds is 2. The largest absolute Gasteiger partial charge is 0.450 e. The second-order valence-corrected chi connectivity index (χ2v) is 7.01. The molecular weight excluding hydrogens is 326 g/mol. The number of carbonyl (C=O) groups excluding carboxylic acids is 1. The van der Waals surface area contributed by atoms with Crippen molar-refractivity contribution in [2.75, 3.05) is 6.54 Å². The molecule has 0 bridgehead atoms. The highest BCUT2D eigenvalue weighted by Crippen LogP contribution is 2.38. The molecule has 26 heavy (non-hydrogen) atoms. The molecule has 4 heteroatoms. The van der Waals surface area contributed by atoms with Crippen LogP contribution in [0.3, 0.4) is 0 Å².